The fourth-order valence-electron chi connectivity index (χ4n) is 6.52. The summed E-state index contributed by atoms with van der Waals surface area (Å²) in [6, 6.07) is 21.8. The minimum absolute atomic E-state index is 0.0465. The summed E-state index contributed by atoms with van der Waals surface area (Å²) in [6.45, 7) is 9.48. The van der Waals surface area contributed by atoms with Crippen molar-refractivity contribution in [3.63, 3.8) is 0 Å². The molecule has 1 saturated heterocycles. The lowest BCUT2D eigenvalue weighted by molar-refractivity contribution is 0.415. The van der Waals surface area contributed by atoms with Crippen molar-refractivity contribution in [2.75, 3.05) is 24.5 Å². The number of rotatable bonds is 7. The molecule has 41 heavy (non-hydrogen) atoms. The zero-order chi connectivity index (χ0) is 28.4. The summed E-state index contributed by atoms with van der Waals surface area (Å²) >= 11 is 0. The van der Waals surface area contributed by atoms with Crippen LogP contribution in [-0.4, -0.2) is 40.2 Å². The smallest absolute Gasteiger partial charge is 0.253 e. The summed E-state index contributed by atoms with van der Waals surface area (Å²) in [4.78, 5) is 26.0. The Morgan fingerprint density at radius 2 is 1.63 bits per heavy atom. The molecule has 6 nitrogen and oxygen atoms in total. The molecule has 1 saturated carbocycles. The molecule has 1 aliphatic heterocycles. The van der Waals surface area contributed by atoms with E-state index in [4.69, 9.17) is 9.97 Å². The maximum atomic E-state index is 13.7. The Morgan fingerprint density at radius 3 is 2.32 bits per heavy atom. The van der Waals surface area contributed by atoms with E-state index in [2.05, 4.69) is 85.6 Å². The first-order chi connectivity index (χ1) is 19.9. The van der Waals surface area contributed by atoms with Crippen LogP contribution in [0.4, 0.5) is 5.95 Å². The van der Waals surface area contributed by atoms with Crippen LogP contribution in [0.5, 0.6) is 0 Å². The van der Waals surface area contributed by atoms with Crippen LogP contribution in [0.2, 0.25) is 0 Å². The van der Waals surface area contributed by atoms with Crippen LogP contribution >= 0.6 is 0 Å². The fourth-order valence-corrected chi connectivity index (χ4v) is 6.52. The van der Waals surface area contributed by atoms with E-state index in [9.17, 15) is 4.79 Å². The van der Waals surface area contributed by atoms with Crippen molar-refractivity contribution < 1.29 is 0 Å². The average Bonchev–Trinajstić information content (AvgIpc) is 3.51. The van der Waals surface area contributed by atoms with Gasteiger partial charge in [0, 0.05) is 42.8 Å². The van der Waals surface area contributed by atoms with Gasteiger partial charge in [-0.05, 0) is 66.3 Å². The number of fused-ring (bicyclic) bond motifs is 1. The van der Waals surface area contributed by atoms with Gasteiger partial charge >= 0.3 is 0 Å². The van der Waals surface area contributed by atoms with Crippen molar-refractivity contribution in [2.24, 2.45) is 0 Å². The van der Waals surface area contributed by atoms with Crippen LogP contribution in [0.25, 0.3) is 22.2 Å². The Labute approximate surface area is 243 Å². The fraction of sp³-hybridized carbons (Fsp3) is 0.457. The molecule has 0 spiro atoms. The predicted molar refractivity (Wildman–Crippen MR) is 169 cm³/mol. The molecule has 0 amide bonds. The summed E-state index contributed by atoms with van der Waals surface area (Å²) in [5.74, 6) is 0.742. The summed E-state index contributed by atoms with van der Waals surface area (Å²) in [5, 5.41) is 4.71. The highest BCUT2D eigenvalue weighted by atomic mass is 16.1. The maximum absolute atomic E-state index is 13.7. The van der Waals surface area contributed by atoms with Crippen molar-refractivity contribution in [1.29, 1.82) is 0 Å². The first-order valence-electron chi connectivity index (χ1n) is 15.4. The van der Waals surface area contributed by atoms with E-state index in [1.54, 1.807) is 0 Å². The van der Waals surface area contributed by atoms with E-state index in [0.717, 1.165) is 92.7 Å². The van der Waals surface area contributed by atoms with Crippen molar-refractivity contribution in [3.8, 4) is 11.1 Å². The van der Waals surface area contributed by atoms with Gasteiger partial charge in [0.15, 0.2) is 0 Å². The predicted octanol–water partition coefficient (Wildman–Crippen LogP) is 6.67. The van der Waals surface area contributed by atoms with Crippen molar-refractivity contribution in [2.45, 2.75) is 83.2 Å². The number of hydrogen-bond donors (Lipinski definition) is 1. The van der Waals surface area contributed by atoms with Crippen molar-refractivity contribution in [1.82, 2.24) is 19.9 Å². The number of nitrogens with zero attached hydrogens (tertiary/aromatic N) is 4. The van der Waals surface area contributed by atoms with Gasteiger partial charge in [0.25, 0.3) is 5.56 Å². The summed E-state index contributed by atoms with van der Waals surface area (Å²) < 4.78 is 1.97. The van der Waals surface area contributed by atoms with Crippen LogP contribution in [0.3, 0.4) is 0 Å². The van der Waals surface area contributed by atoms with Crippen molar-refractivity contribution >= 4 is 17.0 Å². The summed E-state index contributed by atoms with van der Waals surface area (Å²) in [7, 11) is 0. The highest BCUT2D eigenvalue weighted by molar-refractivity contribution is 5.92. The van der Waals surface area contributed by atoms with E-state index < -0.39 is 0 Å². The summed E-state index contributed by atoms with van der Waals surface area (Å²) in [6.07, 6.45) is 9.53. The SMILES string of the molecule is CC(C)(C)c1ccc(-c2cc(=O)n(C3CCCC3)c3nc(N4CCC(NCCc5ccccc5)CC4)ncc23)cc1. The Bertz CT molecular complexity index is 1520. The quantitative estimate of drug-likeness (QED) is 0.279. The zero-order valence-electron chi connectivity index (χ0n) is 24.8. The number of nitrogens with one attached hydrogen (secondary N) is 1. The van der Waals surface area contributed by atoms with Crippen molar-refractivity contribution in [3.05, 3.63) is 88.3 Å². The van der Waals surface area contributed by atoms with Gasteiger partial charge in [-0.3, -0.25) is 9.36 Å². The minimum Gasteiger partial charge on any atom is -0.341 e. The molecule has 2 fully saturated rings. The number of benzene rings is 2. The summed E-state index contributed by atoms with van der Waals surface area (Å²) in [5.41, 5.74) is 5.53. The molecule has 6 heteroatoms. The van der Waals surface area contributed by atoms with E-state index >= 15 is 0 Å². The molecular formula is C35H43N5O. The third-order valence-electron chi connectivity index (χ3n) is 9.00. The zero-order valence-corrected chi connectivity index (χ0v) is 24.8. The molecule has 1 aliphatic carbocycles. The highest BCUT2D eigenvalue weighted by Gasteiger charge is 2.25. The Morgan fingerprint density at radius 1 is 0.927 bits per heavy atom. The van der Waals surface area contributed by atoms with E-state index in [1.165, 1.54) is 11.1 Å². The Hall–Kier alpha value is -3.51. The van der Waals surface area contributed by atoms with E-state index in [1.807, 2.05) is 16.8 Å². The first kappa shape index (κ1) is 27.6. The highest BCUT2D eigenvalue weighted by Crippen LogP contribution is 2.34. The topological polar surface area (TPSA) is 63.1 Å². The normalized spacial score (nSPS) is 17.0. The van der Waals surface area contributed by atoms with Crippen LogP contribution in [0.1, 0.15) is 76.5 Å². The van der Waals surface area contributed by atoms with E-state index in [0.29, 0.717) is 6.04 Å². The molecule has 0 unspecified atom stereocenters. The largest absolute Gasteiger partial charge is 0.341 e. The molecule has 214 valence electrons. The lowest BCUT2D eigenvalue weighted by Gasteiger charge is -2.32. The molecule has 0 atom stereocenters. The van der Waals surface area contributed by atoms with Crippen LogP contribution in [0, 0.1) is 0 Å². The third-order valence-corrected chi connectivity index (χ3v) is 9.00. The van der Waals surface area contributed by atoms with Crippen LogP contribution < -0.4 is 15.8 Å². The van der Waals surface area contributed by atoms with Gasteiger partial charge in [0.05, 0.1) is 0 Å². The Balaban J connectivity index is 1.25. The Kier molecular flexibility index (Phi) is 7.94. The van der Waals surface area contributed by atoms with Gasteiger partial charge < -0.3 is 10.2 Å². The third kappa shape index (κ3) is 6.08. The molecule has 2 aliphatic rings. The second-order valence-corrected chi connectivity index (χ2v) is 12.9. The standard InChI is InChI=1S/C35H43N5O/c1-35(2,3)27-15-13-26(14-16-27)30-23-32(41)40(29-11-7-8-12-29)33-31(30)24-37-34(38-33)39-21-18-28(19-22-39)36-20-17-25-9-5-4-6-10-25/h4-6,9-10,13-16,23-24,28-29,36H,7-8,11-12,17-22H2,1-3H3. The molecule has 2 aromatic heterocycles. The van der Waals surface area contributed by atoms with E-state index in [-0.39, 0.29) is 17.0 Å². The molecule has 1 N–H and O–H groups in total. The van der Waals surface area contributed by atoms with Crippen LogP contribution in [-0.2, 0) is 11.8 Å². The van der Waals surface area contributed by atoms with Gasteiger partial charge in [-0.25, -0.2) is 4.98 Å². The number of pyridine rings is 1. The average molecular weight is 550 g/mol. The second-order valence-electron chi connectivity index (χ2n) is 12.9. The molecule has 0 bridgehead atoms. The minimum atomic E-state index is 0.0465. The molecular weight excluding hydrogens is 506 g/mol. The van der Waals surface area contributed by atoms with Gasteiger partial charge in [-0.1, -0.05) is 88.2 Å². The van der Waals surface area contributed by atoms with Gasteiger partial charge in [-0.15, -0.1) is 0 Å². The van der Waals surface area contributed by atoms with Gasteiger partial charge in [0.1, 0.15) is 5.65 Å². The number of anilines is 1. The monoisotopic (exact) mass is 549 g/mol. The van der Waals surface area contributed by atoms with Crippen LogP contribution in [0.15, 0.2) is 71.7 Å². The molecule has 0 radical (unpaired) electrons. The molecule has 6 rings (SSSR count). The number of piperidine rings is 1. The lowest BCUT2D eigenvalue weighted by Crippen LogP contribution is -2.43. The van der Waals surface area contributed by atoms with Gasteiger partial charge in [-0.2, -0.15) is 4.98 Å². The number of aromatic nitrogens is 3. The lowest BCUT2D eigenvalue weighted by atomic mass is 9.86. The van der Waals surface area contributed by atoms with Gasteiger partial charge in [0.2, 0.25) is 5.95 Å². The first-order valence-corrected chi connectivity index (χ1v) is 15.4. The second kappa shape index (κ2) is 11.8. The maximum Gasteiger partial charge on any atom is 0.253 e. The molecule has 4 aromatic rings. The number of hydrogen-bond acceptors (Lipinski definition) is 5. The molecule has 3 heterocycles. The molecule has 2 aromatic carbocycles.